The molecule has 0 aliphatic carbocycles. The Morgan fingerprint density at radius 1 is 0.897 bits per heavy atom. The highest BCUT2D eigenvalue weighted by molar-refractivity contribution is 7.59. The number of likely N-dealkylation sites (N-methyl/N-ethyl adjacent to an activating group) is 1. The van der Waals surface area contributed by atoms with Gasteiger partial charge in [-0.3, -0.25) is 24.0 Å². The molecule has 0 unspecified atom stereocenters. The van der Waals surface area contributed by atoms with E-state index >= 15 is 0 Å². The summed E-state index contributed by atoms with van der Waals surface area (Å²) in [4.78, 5) is 81.8. The van der Waals surface area contributed by atoms with E-state index in [0.29, 0.717) is 45.3 Å². The number of hydrogen-bond acceptors (Lipinski definition) is 13. The van der Waals surface area contributed by atoms with Gasteiger partial charge in [0, 0.05) is 80.5 Å². The molecule has 358 valence electrons. The Hall–Kier alpha value is -6.51. The van der Waals surface area contributed by atoms with Crippen LogP contribution in [0.25, 0.3) is 33.3 Å². The number of ketones is 3. The summed E-state index contributed by atoms with van der Waals surface area (Å²) in [6, 6.07) is 22.4. The molecule has 4 bridgehead atoms. The Morgan fingerprint density at radius 2 is 1.57 bits per heavy atom. The molecule has 5 aromatic rings. The smallest absolute Gasteiger partial charge is 0.226 e. The maximum absolute atomic E-state index is 14.8. The van der Waals surface area contributed by atoms with E-state index in [-0.39, 0.29) is 102 Å². The molecule has 1 aliphatic rings. The average molecular weight is 943 g/mol. The van der Waals surface area contributed by atoms with Gasteiger partial charge in [0.25, 0.3) is 0 Å². The van der Waals surface area contributed by atoms with Gasteiger partial charge in [0.1, 0.15) is 30.8 Å². The molecule has 0 spiro atoms. The molecular weight excluding hydrogens is 881 g/mol. The van der Waals surface area contributed by atoms with E-state index in [1.54, 1.807) is 44.2 Å². The van der Waals surface area contributed by atoms with E-state index < -0.39 is 41.5 Å². The molecular formula is C52H62N8O7S. The normalized spacial score (nSPS) is 16.4. The van der Waals surface area contributed by atoms with Gasteiger partial charge in [-0.25, -0.2) is 9.97 Å². The van der Waals surface area contributed by atoms with Crippen LogP contribution < -0.4 is 32.0 Å². The van der Waals surface area contributed by atoms with Crippen molar-refractivity contribution in [3.05, 3.63) is 107 Å². The van der Waals surface area contributed by atoms with E-state index in [1.165, 1.54) is 23.7 Å². The minimum Gasteiger partial charge on any atom is -0.492 e. The molecule has 1 aliphatic heterocycles. The third-order valence-electron chi connectivity index (χ3n) is 12.2. The summed E-state index contributed by atoms with van der Waals surface area (Å²) < 4.78 is 12.3. The highest BCUT2D eigenvalue weighted by Crippen LogP contribution is 2.41. The van der Waals surface area contributed by atoms with Gasteiger partial charge in [-0.2, -0.15) is 18.8 Å². The van der Waals surface area contributed by atoms with Crippen LogP contribution in [-0.4, -0.2) is 90.0 Å². The van der Waals surface area contributed by atoms with Gasteiger partial charge in [0.2, 0.25) is 11.8 Å². The van der Waals surface area contributed by atoms with Gasteiger partial charge in [0.15, 0.2) is 23.2 Å². The van der Waals surface area contributed by atoms with Gasteiger partial charge in [-0.15, -0.1) is 0 Å². The van der Waals surface area contributed by atoms with Gasteiger partial charge >= 0.3 is 0 Å². The molecule has 0 saturated heterocycles. The number of nitriles is 1. The zero-order chi connectivity index (χ0) is 48.2. The van der Waals surface area contributed by atoms with Gasteiger partial charge in [0.05, 0.1) is 23.4 Å². The van der Waals surface area contributed by atoms with Crippen LogP contribution >= 0.6 is 13.5 Å². The summed E-state index contributed by atoms with van der Waals surface area (Å²) in [5, 5.41) is 14.2. The monoisotopic (exact) mass is 942 g/mol. The third-order valence-corrected chi connectivity index (χ3v) is 12.2. The van der Waals surface area contributed by atoms with Crippen molar-refractivity contribution in [2.24, 2.45) is 29.0 Å². The first-order chi connectivity index (χ1) is 32.3. The fourth-order valence-electron chi connectivity index (χ4n) is 8.71. The van der Waals surface area contributed by atoms with Crippen molar-refractivity contribution in [3.8, 4) is 40.1 Å². The number of fused-ring (bicyclic) bond motifs is 6. The minimum atomic E-state index is -1.24. The highest BCUT2D eigenvalue weighted by Gasteiger charge is 2.36. The number of nitrogens with two attached hydrogens (primary N) is 3. The summed E-state index contributed by atoms with van der Waals surface area (Å²) in [5.74, 6) is -2.73. The van der Waals surface area contributed by atoms with Crippen molar-refractivity contribution < 1.29 is 33.4 Å². The first kappa shape index (κ1) is 52.5. The first-order valence-corrected chi connectivity index (χ1v) is 22.8. The van der Waals surface area contributed by atoms with Crippen molar-refractivity contribution >= 4 is 53.4 Å². The van der Waals surface area contributed by atoms with Crippen LogP contribution in [0.5, 0.6) is 11.5 Å². The second kappa shape index (κ2) is 24.5. The quantitative estimate of drug-likeness (QED) is 0.0752. The largest absolute Gasteiger partial charge is 0.492 e. The second-order valence-corrected chi connectivity index (χ2v) is 16.9. The minimum absolute atomic E-state index is 0. The number of benzene rings is 4. The fraction of sp³-hybridized carbons (Fsp3) is 0.385. The summed E-state index contributed by atoms with van der Waals surface area (Å²) >= 11 is 0. The Morgan fingerprint density at radius 3 is 2.22 bits per heavy atom. The first-order valence-electron chi connectivity index (χ1n) is 22.8. The van der Waals surface area contributed by atoms with Crippen LogP contribution in [0.3, 0.4) is 0 Å². The Balaban J connectivity index is 0.00000864. The number of nitrogens with one attached hydrogen (secondary N) is 1. The Kier molecular flexibility index (Phi) is 18.9. The van der Waals surface area contributed by atoms with Crippen molar-refractivity contribution in [1.82, 2.24) is 20.2 Å². The molecule has 2 amide bonds. The number of aromatic nitrogens is 2. The molecule has 2 heterocycles. The molecule has 0 saturated carbocycles. The van der Waals surface area contributed by atoms with Crippen LogP contribution in [0.1, 0.15) is 84.7 Å². The molecule has 0 fully saturated rings. The average Bonchev–Trinajstić information content (AvgIpc) is 3.33. The van der Waals surface area contributed by atoms with E-state index in [4.69, 9.17) is 31.7 Å². The topological polar surface area (TPSA) is 247 Å². The molecule has 7 N–H and O–H groups in total. The third kappa shape index (κ3) is 12.1. The number of hydrogen-bond donors (Lipinski definition) is 4. The number of aryl methyl sites for hydroxylation is 2. The lowest BCUT2D eigenvalue weighted by molar-refractivity contribution is -0.142. The van der Waals surface area contributed by atoms with Gasteiger partial charge in [-0.05, 0) is 84.5 Å². The van der Waals surface area contributed by atoms with Crippen molar-refractivity contribution in [1.29, 1.82) is 5.26 Å². The van der Waals surface area contributed by atoms with Crippen LogP contribution in [0.15, 0.2) is 79.0 Å². The number of nitrogens with zero attached hydrogens (tertiary/aromatic N) is 4. The molecule has 15 nitrogen and oxygen atoms in total. The van der Waals surface area contributed by atoms with Gasteiger partial charge in [-0.1, -0.05) is 62.4 Å². The van der Waals surface area contributed by atoms with Crippen molar-refractivity contribution in [2.45, 2.75) is 77.8 Å². The predicted octanol–water partition coefficient (Wildman–Crippen LogP) is 5.87. The SMILES string of the molecule is CCc1ccc(-c2ncc(C(=O)C[C@@H](CCN)C(=O)N(C)[C@@H]3C(=O)C[C@@H](C)C(=O)N[C@H](C(=O)CCC#N)Cc4ccc(OCCN)c(c4)-c4cc3ccc4OCCN)c(C)n2)c2ccccc12.S. The van der Waals surface area contributed by atoms with E-state index in [1.807, 2.05) is 36.4 Å². The Bertz CT molecular complexity index is 2690. The Labute approximate surface area is 404 Å². The molecule has 1 aromatic heterocycles. The van der Waals surface area contributed by atoms with Crippen molar-refractivity contribution in [3.63, 3.8) is 0 Å². The lowest BCUT2D eigenvalue weighted by atomic mass is 9.88. The number of carbonyl (C=O) groups excluding carboxylic acids is 5. The predicted molar refractivity (Wildman–Crippen MR) is 266 cm³/mol. The zero-order valence-corrected chi connectivity index (χ0v) is 40.2. The molecule has 16 heteroatoms. The number of amides is 2. The number of Topliss-reactive ketones (excluding diaryl/α,β-unsaturated/α-hetero) is 3. The zero-order valence-electron chi connectivity index (χ0n) is 39.2. The number of carbonyl (C=O) groups is 5. The summed E-state index contributed by atoms with van der Waals surface area (Å²) in [7, 11) is 1.50. The standard InChI is InChI=1S/C52H60N8O7.H2S/c1-5-34-13-15-39(38-10-7-6-9-37(34)38)50-57-30-42(32(3)58-50)45(62)29-36(18-20-54)52(65)60(4)49-35-14-17-48(67-24-22-56)41(28-35)40-26-33(12-16-47(40)66-23-21-55)27-43(44(61)11-8-19-53)59-51(64)31(2)25-46(49)63;/h6-7,9-10,12-17,26,28,30-31,36,43,49H,5,8,11,18,20-25,27,29,54-56H2,1-4H3,(H,59,64);1H2/t31-,36-,43+,49+;/m1./s1. The molecule has 6 rings (SSSR count). The van der Waals surface area contributed by atoms with E-state index in [2.05, 4.69) is 29.4 Å². The number of rotatable bonds is 18. The van der Waals surface area contributed by atoms with Crippen LogP contribution in [0.2, 0.25) is 0 Å². The maximum atomic E-state index is 14.8. The van der Waals surface area contributed by atoms with Crippen molar-refractivity contribution in [2.75, 3.05) is 39.9 Å². The summed E-state index contributed by atoms with van der Waals surface area (Å²) in [5.41, 5.74) is 22.7. The molecule has 4 aromatic carbocycles. The van der Waals surface area contributed by atoms with Gasteiger partial charge < -0.3 is 36.9 Å². The lowest BCUT2D eigenvalue weighted by Gasteiger charge is -2.32. The summed E-state index contributed by atoms with van der Waals surface area (Å²) in [6.45, 7) is 6.27. The molecule has 68 heavy (non-hydrogen) atoms. The lowest BCUT2D eigenvalue weighted by Crippen LogP contribution is -2.46. The fourth-order valence-corrected chi connectivity index (χ4v) is 8.71. The molecule has 0 radical (unpaired) electrons. The summed E-state index contributed by atoms with van der Waals surface area (Å²) in [6.07, 6.45) is 1.95. The number of ether oxygens (including phenoxy) is 2. The second-order valence-electron chi connectivity index (χ2n) is 16.9. The van der Waals surface area contributed by atoms with Crippen LogP contribution in [-0.2, 0) is 32.0 Å². The highest BCUT2D eigenvalue weighted by atomic mass is 32.1. The van der Waals surface area contributed by atoms with Crippen LogP contribution in [0.4, 0.5) is 0 Å². The maximum Gasteiger partial charge on any atom is 0.226 e. The van der Waals surface area contributed by atoms with Crippen LogP contribution in [0, 0.1) is 30.1 Å². The molecule has 4 atom stereocenters. The van der Waals surface area contributed by atoms with E-state index in [0.717, 1.165) is 22.8 Å². The van der Waals surface area contributed by atoms with E-state index in [9.17, 15) is 29.2 Å².